The minimum Gasteiger partial charge on any atom is -0.369 e. The maximum atomic E-state index is 12.8. The first-order valence-electron chi connectivity index (χ1n) is 4.09. The van der Waals surface area contributed by atoms with Crippen LogP contribution in [0.25, 0.3) is 0 Å². The molecule has 72 valence electrons. The molecule has 2 N–H and O–H groups in total. The second-order valence-electron chi connectivity index (χ2n) is 3.86. The molecule has 5 heteroatoms. The lowest BCUT2D eigenvalue weighted by Crippen LogP contribution is -2.16. The molecular weight excluding hydrogens is 176 g/mol. The maximum Gasteiger partial charge on any atom is 0.256 e. The molecule has 1 aromatic heterocycles. The Morgan fingerprint density at radius 2 is 2.31 bits per heavy atom. The molecular formula is C8H11F2N3. The molecule has 1 aliphatic carbocycles. The van der Waals surface area contributed by atoms with Gasteiger partial charge in [0.05, 0.1) is 5.41 Å². The van der Waals surface area contributed by atoms with Gasteiger partial charge >= 0.3 is 0 Å². The molecule has 1 aromatic rings. The van der Waals surface area contributed by atoms with Gasteiger partial charge in [-0.2, -0.15) is 0 Å². The fourth-order valence-electron chi connectivity index (χ4n) is 1.47. The van der Waals surface area contributed by atoms with Crippen LogP contribution in [0.1, 0.15) is 13.3 Å². The van der Waals surface area contributed by atoms with Gasteiger partial charge < -0.3 is 10.3 Å². The Bertz CT molecular complexity index is 334. The first-order chi connectivity index (χ1) is 5.95. The summed E-state index contributed by atoms with van der Waals surface area (Å²) in [6.45, 7) is 1.80. The Hall–Kier alpha value is -1.13. The molecule has 0 bridgehead atoms. The van der Waals surface area contributed by atoms with Gasteiger partial charge in [-0.15, -0.1) is 0 Å². The molecule has 1 atom stereocenters. The summed E-state index contributed by atoms with van der Waals surface area (Å²) in [5.41, 5.74) is 4.54. The van der Waals surface area contributed by atoms with E-state index in [0.717, 1.165) is 0 Å². The van der Waals surface area contributed by atoms with Crippen molar-refractivity contribution in [2.24, 2.45) is 5.41 Å². The van der Waals surface area contributed by atoms with Crippen LogP contribution in [0.2, 0.25) is 0 Å². The highest BCUT2D eigenvalue weighted by Crippen LogP contribution is 2.61. The SMILES string of the molecule is CC1(Cn2ccnc2N)CC1(F)F. The fraction of sp³-hybridized carbons (Fsp3) is 0.625. The van der Waals surface area contributed by atoms with E-state index in [0.29, 0.717) is 5.95 Å². The molecule has 0 radical (unpaired) electrons. The van der Waals surface area contributed by atoms with E-state index in [-0.39, 0.29) is 13.0 Å². The highest BCUT2D eigenvalue weighted by atomic mass is 19.3. The lowest BCUT2D eigenvalue weighted by molar-refractivity contribution is 0.0639. The van der Waals surface area contributed by atoms with Gasteiger partial charge in [-0.25, -0.2) is 13.8 Å². The summed E-state index contributed by atoms with van der Waals surface area (Å²) < 4.78 is 27.2. The lowest BCUT2D eigenvalue weighted by atomic mass is 10.1. The summed E-state index contributed by atoms with van der Waals surface area (Å²) in [6, 6.07) is 0. The van der Waals surface area contributed by atoms with E-state index in [2.05, 4.69) is 4.98 Å². The molecule has 1 heterocycles. The van der Waals surface area contributed by atoms with Gasteiger partial charge in [0.25, 0.3) is 5.92 Å². The highest BCUT2D eigenvalue weighted by Gasteiger charge is 2.67. The number of halogens is 2. The Balaban J connectivity index is 2.13. The summed E-state index contributed by atoms with van der Waals surface area (Å²) >= 11 is 0. The van der Waals surface area contributed by atoms with Crippen molar-refractivity contribution >= 4 is 5.95 Å². The summed E-state index contributed by atoms with van der Waals surface area (Å²) in [5, 5.41) is 0. The van der Waals surface area contributed by atoms with Crippen LogP contribution in [0.4, 0.5) is 14.7 Å². The van der Waals surface area contributed by atoms with E-state index in [1.54, 1.807) is 17.7 Å². The van der Waals surface area contributed by atoms with Crippen molar-refractivity contribution < 1.29 is 8.78 Å². The summed E-state index contributed by atoms with van der Waals surface area (Å²) in [7, 11) is 0. The predicted octanol–water partition coefficient (Wildman–Crippen LogP) is 1.51. The van der Waals surface area contributed by atoms with Crippen LogP contribution >= 0.6 is 0 Å². The normalized spacial score (nSPS) is 30.4. The molecule has 1 fully saturated rings. The van der Waals surface area contributed by atoms with Gasteiger partial charge in [-0.1, -0.05) is 6.92 Å². The smallest absolute Gasteiger partial charge is 0.256 e. The number of imidazole rings is 1. The first kappa shape index (κ1) is 8.47. The van der Waals surface area contributed by atoms with E-state index in [9.17, 15) is 8.78 Å². The molecule has 0 aliphatic heterocycles. The third-order valence-electron chi connectivity index (χ3n) is 2.64. The maximum absolute atomic E-state index is 12.8. The zero-order valence-corrected chi connectivity index (χ0v) is 7.30. The molecule has 0 amide bonds. The monoisotopic (exact) mass is 187 g/mol. The molecule has 0 spiro atoms. The summed E-state index contributed by atoms with van der Waals surface area (Å²) in [6.07, 6.45) is 3.08. The summed E-state index contributed by atoms with van der Waals surface area (Å²) in [4.78, 5) is 3.77. The number of aromatic nitrogens is 2. The first-order valence-corrected chi connectivity index (χ1v) is 4.09. The van der Waals surface area contributed by atoms with Crippen molar-refractivity contribution in [1.29, 1.82) is 0 Å². The third-order valence-corrected chi connectivity index (χ3v) is 2.64. The molecule has 1 saturated carbocycles. The van der Waals surface area contributed by atoms with Crippen LogP contribution in [0.3, 0.4) is 0 Å². The molecule has 3 nitrogen and oxygen atoms in total. The van der Waals surface area contributed by atoms with Crippen molar-refractivity contribution in [1.82, 2.24) is 9.55 Å². The van der Waals surface area contributed by atoms with E-state index in [1.807, 2.05) is 0 Å². The van der Waals surface area contributed by atoms with Gasteiger partial charge in [0.2, 0.25) is 0 Å². The molecule has 2 rings (SSSR count). The van der Waals surface area contributed by atoms with Crippen LogP contribution in [0.5, 0.6) is 0 Å². The Labute approximate surface area is 74.6 Å². The second-order valence-corrected chi connectivity index (χ2v) is 3.86. The molecule has 1 aliphatic rings. The molecule has 0 aromatic carbocycles. The van der Waals surface area contributed by atoms with E-state index in [1.165, 1.54) is 6.20 Å². The van der Waals surface area contributed by atoms with Gasteiger partial charge in [0.1, 0.15) is 0 Å². The lowest BCUT2D eigenvalue weighted by Gasteiger charge is -2.11. The number of nitrogens with two attached hydrogens (primary N) is 1. The van der Waals surface area contributed by atoms with Crippen molar-refractivity contribution in [3.63, 3.8) is 0 Å². The van der Waals surface area contributed by atoms with Crippen molar-refractivity contribution in [3.05, 3.63) is 12.4 Å². The molecule has 1 unspecified atom stereocenters. The van der Waals surface area contributed by atoms with Crippen LogP contribution in [0, 0.1) is 5.41 Å². The highest BCUT2D eigenvalue weighted by molar-refractivity contribution is 5.19. The summed E-state index contributed by atoms with van der Waals surface area (Å²) in [5.74, 6) is -2.24. The van der Waals surface area contributed by atoms with Gasteiger partial charge in [-0.3, -0.25) is 0 Å². The minimum atomic E-state index is -2.54. The number of alkyl halides is 2. The molecule has 13 heavy (non-hydrogen) atoms. The van der Waals surface area contributed by atoms with E-state index in [4.69, 9.17) is 5.73 Å². The number of anilines is 1. The van der Waals surface area contributed by atoms with E-state index < -0.39 is 11.3 Å². The number of nitrogens with zero attached hydrogens (tertiary/aromatic N) is 2. The largest absolute Gasteiger partial charge is 0.369 e. The standard InChI is InChI=1S/C8H11F2N3/c1-7(4-8(7,9)10)5-13-3-2-12-6(13)11/h2-3H,4-5H2,1H3,(H2,11,12). The zero-order valence-electron chi connectivity index (χ0n) is 7.30. The van der Waals surface area contributed by atoms with Gasteiger partial charge in [-0.05, 0) is 0 Å². The fourth-order valence-corrected chi connectivity index (χ4v) is 1.47. The zero-order chi connectivity index (χ0) is 9.69. The average molecular weight is 187 g/mol. The molecule has 0 saturated heterocycles. The van der Waals surface area contributed by atoms with Crippen molar-refractivity contribution in [2.45, 2.75) is 25.8 Å². The average Bonchev–Trinajstić information content (AvgIpc) is 2.37. The Kier molecular flexibility index (Phi) is 1.44. The predicted molar refractivity (Wildman–Crippen MR) is 44.3 cm³/mol. The van der Waals surface area contributed by atoms with Crippen LogP contribution in [0.15, 0.2) is 12.4 Å². The van der Waals surface area contributed by atoms with Crippen molar-refractivity contribution in [2.75, 3.05) is 5.73 Å². The van der Waals surface area contributed by atoms with Crippen LogP contribution in [-0.2, 0) is 6.54 Å². The van der Waals surface area contributed by atoms with Gasteiger partial charge in [0, 0.05) is 25.4 Å². The topological polar surface area (TPSA) is 43.8 Å². The number of hydrogen-bond acceptors (Lipinski definition) is 2. The van der Waals surface area contributed by atoms with Crippen LogP contribution in [-0.4, -0.2) is 15.5 Å². The third kappa shape index (κ3) is 1.18. The second kappa shape index (κ2) is 2.21. The minimum absolute atomic E-state index is 0.0579. The number of hydrogen-bond donors (Lipinski definition) is 1. The van der Waals surface area contributed by atoms with Crippen molar-refractivity contribution in [3.8, 4) is 0 Å². The van der Waals surface area contributed by atoms with Crippen LogP contribution < -0.4 is 5.73 Å². The number of nitrogen functional groups attached to an aromatic ring is 1. The van der Waals surface area contributed by atoms with Gasteiger partial charge in [0.15, 0.2) is 5.95 Å². The Morgan fingerprint density at radius 3 is 2.69 bits per heavy atom. The number of rotatable bonds is 2. The Morgan fingerprint density at radius 1 is 1.69 bits per heavy atom. The van der Waals surface area contributed by atoms with E-state index >= 15 is 0 Å². The quantitative estimate of drug-likeness (QED) is 0.762.